The van der Waals surface area contributed by atoms with Gasteiger partial charge in [-0.3, -0.25) is 9.59 Å². The number of nitrogens with two attached hydrogens (primary N) is 1. The third kappa shape index (κ3) is 3.06. The van der Waals surface area contributed by atoms with E-state index in [0.717, 1.165) is 4.57 Å². The summed E-state index contributed by atoms with van der Waals surface area (Å²) in [4.78, 5) is 38.4. The van der Waals surface area contributed by atoms with Crippen LogP contribution in [-0.2, 0) is 18.3 Å². The van der Waals surface area contributed by atoms with Gasteiger partial charge in [-0.1, -0.05) is 6.07 Å². The number of hydrogen-bond acceptors (Lipinski definition) is 5. The molecule has 0 saturated carbocycles. The van der Waals surface area contributed by atoms with E-state index in [0.29, 0.717) is 5.56 Å². The highest BCUT2D eigenvalue weighted by atomic mass is 16.4. The van der Waals surface area contributed by atoms with Gasteiger partial charge in [-0.05, 0) is 18.1 Å². The first-order chi connectivity index (χ1) is 9.90. The normalized spacial score (nSPS) is 12.1. The van der Waals surface area contributed by atoms with Gasteiger partial charge in [-0.25, -0.2) is 14.3 Å². The van der Waals surface area contributed by atoms with Crippen molar-refractivity contribution in [3.05, 3.63) is 57.0 Å². The Morgan fingerprint density at radius 1 is 1.38 bits per heavy atom. The second-order valence-corrected chi connectivity index (χ2v) is 4.56. The van der Waals surface area contributed by atoms with Crippen LogP contribution in [0, 0.1) is 0 Å². The molecular formula is C13H14N4O4. The smallest absolute Gasteiger partial charge is 0.336 e. The third-order valence-electron chi connectivity index (χ3n) is 2.97. The first-order valence-electron chi connectivity index (χ1n) is 6.12. The lowest BCUT2D eigenvalue weighted by Gasteiger charge is -2.08. The van der Waals surface area contributed by atoms with Crippen molar-refractivity contribution in [2.75, 3.05) is 0 Å². The highest BCUT2D eigenvalue weighted by Crippen LogP contribution is 2.04. The molecule has 0 radical (unpaired) electrons. The van der Waals surface area contributed by atoms with Crippen molar-refractivity contribution in [2.24, 2.45) is 12.8 Å². The van der Waals surface area contributed by atoms with Crippen LogP contribution in [0.1, 0.15) is 5.56 Å². The molecule has 8 nitrogen and oxygen atoms in total. The molecule has 3 N–H and O–H groups in total. The molecule has 8 heteroatoms. The van der Waals surface area contributed by atoms with Crippen molar-refractivity contribution in [3.8, 4) is 5.82 Å². The van der Waals surface area contributed by atoms with Crippen molar-refractivity contribution in [3.63, 3.8) is 0 Å². The van der Waals surface area contributed by atoms with Crippen molar-refractivity contribution in [1.82, 2.24) is 14.1 Å². The van der Waals surface area contributed by atoms with Crippen molar-refractivity contribution in [2.45, 2.75) is 12.5 Å². The van der Waals surface area contributed by atoms with Gasteiger partial charge in [0.15, 0.2) is 0 Å². The first-order valence-corrected chi connectivity index (χ1v) is 6.12. The minimum absolute atomic E-state index is 0.115. The highest BCUT2D eigenvalue weighted by molar-refractivity contribution is 5.73. The van der Waals surface area contributed by atoms with Crippen LogP contribution in [0.2, 0.25) is 0 Å². The monoisotopic (exact) mass is 290 g/mol. The van der Waals surface area contributed by atoms with Crippen LogP contribution in [0.5, 0.6) is 0 Å². The van der Waals surface area contributed by atoms with E-state index < -0.39 is 23.3 Å². The fourth-order valence-electron chi connectivity index (χ4n) is 1.79. The summed E-state index contributed by atoms with van der Waals surface area (Å²) in [6, 6.07) is 3.30. The average molecular weight is 290 g/mol. The van der Waals surface area contributed by atoms with Gasteiger partial charge >= 0.3 is 11.7 Å². The number of aromatic nitrogens is 3. The van der Waals surface area contributed by atoms with E-state index in [9.17, 15) is 14.4 Å². The number of rotatable bonds is 4. The van der Waals surface area contributed by atoms with Crippen LogP contribution in [0.15, 0.2) is 40.2 Å². The standard InChI is InChI=1S/C13H14N4O4/c1-16-5-4-11(18)17(13(16)21)10-3-2-8(7-15-10)6-9(14)12(19)20/h2-5,7,9H,6,14H2,1H3,(H,19,20)/t9-/m0/s1. The molecule has 0 saturated heterocycles. The zero-order valence-corrected chi connectivity index (χ0v) is 11.3. The summed E-state index contributed by atoms with van der Waals surface area (Å²) in [5.74, 6) is -0.930. The molecule has 0 aliphatic carbocycles. The van der Waals surface area contributed by atoms with Gasteiger partial charge in [0.2, 0.25) is 0 Å². The molecule has 21 heavy (non-hydrogen) atoms. The predicted molar refractivity (Wildman–Crippen MR) is 74.4 cm³/mol. The van der Waals surface area contributed by atoms with Gasteiger partial charge in [0.25, 0.3) is 5.56 Å². The SMILES string of the molecule is Cn1ccc(=O)n(-c2ccc(C[C@H](N)C(=O)O)cn2)c1=O. The molecule has 0 aliphatic rings. The minimum Gasteiger partial charge on any atom is -0.480 e. The van der Waals surface area contributed by atoms with E-state index >= 15 is 0 Å². The fraction of sp³-hybridized carbons (Fsp3) is 0.231. The summed E-state index contributed by atoms with van der Waals surface area (Å²) >= 11 is 0. The summed E-state index contributed by atoms with van der Waals surface area (Å²) in [6.07, 6.45) is 2.89. The molecule has 2 rings (SSSR count). The molecule has 0 amide bonds. The third-order valence-corrected chi connectivity index (χ3v) is 2.97. The number of pyridine rings is 1. The van der Waals surface area contributed by atoms with Crippen molar-refractivity contribution in [1.29, 1.82) is 0 Å². The summed E-state index contributed by atoms with van der Waals surface area (Å²) in [5.41, 5.74) is 5.04. The number of carbonyl (C=O) groups is 1. The van der Waals surface area contributed by atoms with E-state index in [1.807, 2.05) is 0 Å². The molecule has 0 bridgehead atoms. The molecule has 0 fully saturated rings. The largest absolute Gasteiger partial charge is 0.480 e. The molecule has 110 valence electrons. The van der Waals surface area contributed by atoms with Crippen molar-refractivity contribution >= 4 is 5.97 Å². The van der Waals surface area contributed by atoms with E-state index in [2.05, 4.69) is 4.98 Å². The summed E-state index contributed by atoms with van der Waals surface area (Å²) < 4.78 is 2.19. The van der Waals surface area contributed by atoms with Crippen LogP contribution in [0.25, 0.3) is 5.82 Å². The Morgan fingerprint density at radius 3 is 2.67 bits per heavy atom. The van der Waals surface area contributed by atoms with Crippen LogP contribution in [-0.4, -0.2) is 31.2 Å². The lowest BCUT2D eigenvalue weighted by atomic mass is 10.1. The van der Waals surface area contributed by atoms with E-state index in [1.165, 1.54) is 36.1 Å². The maximum Gasteiger partial charge on any atom is 0.336 e. The molecule has 0 unspecified atom stereocenters. The Balaban J connectivity index is 2.36. The van der Waals surface area contributed by atoms with Gasteiger partial charge in [0, 0.05) is 25.5 Å². The molecule has 2 aromatic heterocycles. The Kier molecular flexibility index (Phi) is 3.99. The number of nitrogens with zero attached hydrogens (tertiary/aromatic N) is 3. The van der Waals surface area contributed by atoms with Crippen LogP contribution < -0.4 is 17.0 Å². The fourth-order valence-corrected chi connectivity index (χ4v) is 1.79. The van der Waals surface area contributed by atoms with Gasteiger partial charge < -0.3 is 15.4 Å². The molecular weight excluding hydrogens is 276 g/mol. The number of aryl methyl sites for hydroxylation is 1. The molecule has 0 aromatic carbocycles. The molecule has 0 aliphatic heterocycles. The summed E-state index contributed by atoms with van der Waals surface area (Å²) in [5, 5.41) is 8.74. The molecule has 0 spiro atoms. The lowest BCUT2D eigenvalue weighted by molar-refractivity contribution is -0.138. The van der Waals surface area contributed by atoms with Gasteiger partial charge in [-0.15, -0.1) is 0 Å². The average Bonchev–Trinajstić information content (AvgIpc) is 2.45. The quantitative estimate of drug-likeness (QED) is 0.736. The van der Waals surface area contributed by atoms with Crippen LogP contribution >= 0.6 is 0 Å². The van der Waals surface area contributed by atoms with Crippen LogP contribution in [0.4, 0.5) is 0 Å². The second-order valence-electron chi connectivity index (χ2n) is 4.56. The maximum atomic E-state index is 11.9. The number of carboxylic acids is 1. The summed E-state index contributed by atoms with van der Waals surface area (Å²) in [7, 11) is 1.53. The van der Waals surface area contributed by atoms with Gasteiger partial charge in [0.05, 0.1) is 0 Å². The lowest BCUT2D eigenvalue weighted by Crippen LogP contribution is -2.37. The maximum absolute atomic E-state index is 11.9. The highest BCUT2D eigenvalue weighted by Gasteiger charge is 2.13. The molecule has 2 aromatic rings. The van der Waals surface area contributed by atoms with Gasteiger partial charge in [-0.2, -0.15) is 0 Å². The number of hydrogen-bond donors (Lipinski definition) is 2. The zero-order chi connectivity index (χ0) is 15.6. The Morgan fingerprint density at radius 2 is 2.10 bits per heavy atom. The van der Waals surface area contributed by atoms with E-state index in [-0.39, 0.29) is 12.2 Å². The van der Waals surface area contributed by atoms with E-state index in [4.69, 9.17) is 10.8 Å². The number of aliphatic carboxylic acids is 1. The number of carboxylic acid groups (broad SMARTS) is 1. The van der Waals surface area contributed by atoms with Crippen LogP contribution in [0.3, 0.4) is 0 Å². The second kappa shape index (κ2) is 5.71. The predicted octanol–water partition coefficient (Wildman–Crippen LogP) is -1.11. The Bertz CT molecular complexity index is 776. The Labute approximate surface area is 119 Å². The zero-order valence-electron chi connectivity index (χ0n) is 11.3. The molecule has 2 heterocycles. The summed E-state index contributed by atoms with van der Waals surface area (Å²) in [6.45, 7) is 0. The topological polar surface area (TPSA) is 120 Å². The van der Waals surface area contributed by atoms with E-state index in [1.54, 1.807) is 6.07 Å². The molecule has 1 atom stereocenters. The first kappa shape index (κ1) is 14.7. The van der Waals surface area contributed by atoms with Gasteiger partial charge in [0.1, 0.15) is 11.9 Å². The Hall–Kier alpha value is -2.74. The van der Waals surface area contributed by atoms with Crippen molar-refractivity contribution < 1.29 is 9.90 Å². The minimum atomic E-state index is -1.10.